The van der Waals surface area contributed by atoms with Crippen LogP contribution in [0, 0.1) is 6.92 Å². The van der Waals surface area contributed by atoms with Gasteiger partial charge < -0.3 is 9.47 Å². The van der Waals surface area contributed by atoms with Crippen LogP contribution >= 0.6 is 0 Å². The van der Waals surface area contributed by atoms with Gasteiger partial charge in [-0.15, -0.1) is 10.2 Å². The predicted molar refractivity (Wildman–Crippen MR) is 88.3 cm³/mol. The molecule has 128 valence electrons. The molecule has 1 aromatic carbocycles. The number of fused-ring (bicyclic) bond motifs is 1. The highest BCUT2D eigenvalue weighted by atomic mass is 16.6. The second-order valence-electron chi connectivity index (χ2n) is 6.27. The summed E-state index contributed by atoms with van der Waals surface area (Å²) >= 11 is 0. The highest BCUT2D eigenvalue weighted by molar-refractivity contribution is 5.78. The van der Waals surface area contributed by atoms with Crippen LogP contribution in [-0.2, 0) is 17.8 Å². The van der Waals surface area contributed by atoms with Crippen LogP contribution in [0.25, 0.3) is 11.4 Å². The van der Waals surface area contributed by atoms with Crippen molar-refractivity contribution in [3.05, 3.63) is 47.5 Å². The standard InChI is InChI=1S/C17H18N6O2/c1-11-9-22(16(24)8-14-12(2)20-25-21-14)10-15-18-19-17(23(11)15)13-6-4-3-5-7-13/h3-7,11H,8-10H2,1-2H3/t11-/m0/s1. The molecule has 0 aliphatic carbocycles. The number of carbonyl (C=O) groups excluding carboxylic acids is 1. The number of aromatic nitrogens is 5. The second-order valence-corrected chi connectivity index (χ2v) is 6.27. The first kappa shape index (κ1) is 15.5. The van der Waals surface area contributed by atoms with Crippen LogP contribution in [0.2, 0.25) is 0 Å². The van der Waals surface area contributed by atoms with E-state index in [1.807, 2.05) is 30.3 Å². The van der Waals surface area contributed by atoms with Gasteiger partial charge >= 0.3 is 0 Å². The van der Waals surface area contributed by atoms with E-state index in [0.29, 0.717) is 24.5 Å². The molecule has 0 saturated carbocycles. The molecule has 1 aliphatic heterocycles. The third kappa shape index (κ3) is 2.79. The first-order valence-corrected chi connectivity index (χ1v) is 8.18. The van der Waals surface area contributed by atoms with E-state index in [4.69, 9.17) is 0 Å². The van der Waals surface area contributed by atoms with Crippen molar-refractivity contribution in [3.63, 3.8) is 0 Å². The maximum Gasteiger partial charge on any atom is 0.229 e. The van der Waals surface area contributed by atoms with Gasteiger partial charge in [0.05, 0.1) is 19.0 Å². The van der Waals surface area contributed by atoms with E-state index in [1.54, 1.807) is 11.8 Å². The second kappa shape index (κ2) is 6.12. The smallest absolute Gasteiger partial charge is 0.229 e. The molecule has 0 saturated heterocycles. The van der Waals surface area contributed by atoms with Crippen molar-refractivity contribution >= 4 is 5.91 Å². The van der Waals surface area contributed by atoms with Crippen LogP contribution in [0.3, 0.4) is 0 Å². The SMILES string of the molecule is Cc1nonc1CC(=O)N1Cc2nnc(-c3ccccc3)n2[C@@H](C)C1. The molecule has 2 aromatic heterocycles. The minimum atomic E-state index is -0.0128. The van der Waals surface area contributed by atoms with Gasteiger partial charge in [-0.2, -0.15) is 0 Å². The Morgan fingerprint density at radius 1 is 1.24 bits per heavy atom. The van der Waals surface area contributed by atoms with Crippen LogP contribution in [0.1, 0.15) is 30.2 Å². The summed E-state index contributed by atoms with van der Waals surface area (Å²) < 4.78 is 6.78. The summed E-state index contributed by atoms with van der Waals surface area (Å²) in [5.41, 5.74) is 2.25. The molecule has 1 atom stereocenters. The number of benzene rings is 1. The number of nitrogens with zero attached hydrogens (tertiary/aromatic N) is 6. The fourth-order valence-corrected chi connectivity index (χ4v) is 3.17. The first-order chi connectivity index (χ1) is 12.1. The van der Waals surface area contributed by atoms with E-state index < -0.39 is 0 Å². The highest BCUT2D eigenvalue weighted by Crippen LogP contribution is 2.27. The maximum atomic E-state index is 12.6. The Morgan fingerprint density at radius 3 is 2.76 bits per heavy atom. The molecule has 1 aliphatic rings. The van der Waals surface area contributed by atoms with Gasteiger partial charge in [0.25, 0.3) is 0 Å². The normalized spacial score (nSPS) is 16.7. The molecule has 25 heavy (non-hydrogen) atoms. The van der Waals surface area contributed by atoms with Gasteiger partial charge in [0.15, 0.2) is 11.6 Å². The Hall–Kier alpha value is -3.03. The maximum absolute atomic E-state index is 12.6. The minimum Gasteiger partial charge on any atom is -0.333 e. The lowest BCUT2D eigenvalue weighted by Crippen LogP contribution is -2.41. The monoisotopic (exact) mass is 338 g/mol. The van der Waals surface area contributed by atoms with Gasteiger partial charge in [-0.1, -0.05) is 40.6 Å². The Kier molecular flexibility index (Phi) is 3.79. The lowest BCUT2D eigenvalue weighted by Gasteiger charge is -2.32. The molecular weight excluding hydrogens is 320 g/mol. The molecule has 4 rings (SSSR count). The predicted octanol–water partition coefficient (Wildman–Crippen LogP) is 1.78. The van der Waals surface area contributed by atoms with Crippen molar-refractivity contribution in [1.82, 2.24) is 30.0 Å². The number of carbonyl (C=O) groups is 1. The van der Waals surface area contributed by atoms with E-state index >= 15 is 0 Å². The molecule has 8 nitrogen and oxygen atoms in total. The molecule has 0 unspecified atom stereocenters. The largest absolute Gasteiger partial charge is 0.333 e. The lowest BCUT2D eigenvalue weighted by molar-refractivity contribution is -0.132. The van der Waals surface area contributed by atoms with E-state index in [1.165, 1.54) is 0 Å². The van der Waals surface area contributed by atoms with Crippen LogP contribution in [-0.4, -0.2) is 42.4 Å². The summed E-state index contributed by atoms with van der Waals surface area (Å²) in [5.74, 6) is 1.62. The molecule has 0 spiro atoms. The van der Waals surface area contributed by atoms with Gasteiger partial charge in [0, 0.05) is 12.1 Å². The van der Waals surface area contributed by atoms with Gasteiger partial charge in [-0.05, 0) is 13.8 Å². The summed E-state index contributed by atoms with van der Waals surface area (Å²) in [7, 11) is 0. The number of hydrogen-bond acceptors (Lipinski definition) is 6. The third-order valence-electron chi connectivity index (χ3n) is 4.47. The van der Waals surface area contributed by atoms with Crippen molar-refractivity contribution in [2.75, 3.05) is 6.54 Å². The van der Waals surface area contributed by atoms with Crippen molar-refractivity contribution in [2.45, 2.75) is 32.9 Å². The Labute approximate surface area is 144 Å². The van der Waals surface area contributed by atoms with Gasteiger partial charge in [-0.3, -0.25) is 4.79 Å². The number of hydrogen-bond donors (Lipinski definition) is 0. The third-order valence-corrected chi connectivity index (χ3v) is 4.47. The Balaban J connectivity index is 1.57. The van der Waals surface area contributed by atoms with E-state index in [9.17, 15) is 4.79 Å². The summed E-state index contributed by atoms with van der Waals surface area (Å²) in [4.78, 5) is 14.4. The minimum absolute atomic E-state index is 0.0128. The zero-order valence-corrected chi connectivity index (χ0v) is 14.1. The molecule has 3 heterocycles. The fraction of sp³-hybridized carbons (Fsp3) is 0.353. The van der Waals surface area contributed by atoms with Crippen molar-refractivity contribution in [1.29, 1.82) is 0 Å². The molecule has 8 heteroatoms. The summed E-state index contributed by atoms with van der Waals surface area (Å²) in [6, 6.07) is 10.1. The molecule has 1 amide bonds. The average Bonchev–Trinajstić information content (AvgIpc) is 3.22. The number of rotatable bonds is 3. The molecule has 0 fully saturated rings. The Bertz CT molecular complexity index is 901. The molecule has 3 aromatic rings. The van der Waals surface area contributed by atoms with E-state index in [0.717, 1.165) is 17.2 Å². The summed E-state index contributed by atoms with van der Waals surface area (Å²) in [6.45, 7) is 4.89. The molecular formula is C17H18N6O2. The molecule has 0 N–H and O–H groups in total. The average molecular weight is 338 g/mol. The fourth-order valence-electron chi connectivity index (χ4n) is 3.17. The number of aryl methyl sites for hydroxylation is 1. The van der Waals surface area contributed by atoms with Crippen molar-refractivity contribution < 1.29 is 9.42 Å². The van der Waals surface area contributed by atoms with E-state index in [2.05, 4.69) is 36.6 Å². The molecule has 0 radical (unpaired) electrons. The van der Waals surface area contributed by atoms with Crippen molar-refractivity contribution in [2.24, 2.45) is 0 Å². The Morgan fingerprint density at radius 2 is 2.04 bits per heavy atom. The van der Waals surface area contributed by atoms with Crippen LogP contribution in [0.4, 0.5) is 0 Å². The molecule has 0 bridgehead atoms. The van der Waals surface area contributed by atoms with Crippen LogP contribution in [0.15, 0.2) is 35.0 Å². The van der Waals surface area contributed by atoms with Gasteiger partial charge in [0.2, 0.25) is 5.91 Å². The van der Waals surface area contributed by atoms with Crippen molar-refractivity contribution in [3.8, 4) is 11.4 Å². The first-order valence-electron chi connectivity index (χ1n) is 8.18. The summed E-state index contributed by atoms with van der Waals surface area (Å²) in [5, 5.41) is 16.2. The van der Waals surface area contributed by atoms with Gasteiger partial charge in [-0.25, -0.2) is 4.63 Å². The number of amides is 1. The summed E-state index contributed by atoms with van der Waals surface area (Å²) in [6.07, 6.45) is 0.182. The lowest BCUT2D eigenvalue weighted by atomic mass is 10.1. The quantitative estimate of drug-likeness (QED) is 0.723. The topological polar surface area (TPSA) is 89.9 Å². The zero-order chi connectivity index (χ0) is 17.4. The van der Waals surface area contributed by atoms with Gasteiger partial charge in [0.1, 0.15) is 11.4 Å². The highest BCUT2D eigenvalue weighted by Gasteiger charge is 2.30. The van der Waals surface area contributed by atoms with Crippen LogP contribution < -0.4 is 0 Å². The van der Waals surface area contributed by atoms with E-state index in [-0.39, 0.29) is 18.4 Å². The van der Waals surface area contributed by atoms with Crippen LogP contribution in [0.5, 0.6) is 0 Å². The zero-order valence-electron chi connectivity index (χ0n) is 14.1.